The predicted molar refractivity (Wildman–Crippen MR) is 78.9 cm³/mol. The Hall–Kier alpha value is -1.52. The summed E-state index contributed by atoms with van der Waals surface area (Å²) in [6.45, 7) is 7.38. The third-order valence-electron chi connectivity index (χ3n) is 2.62. The van der Waals surface area contributed by atoms with Gasteiger partial charge in [0.1, 0.15) is 17.4 Å². The van der Waals surface area contributed by atoms with E-state index >= 15 is 0 Å². The van der Waals surface area contributed by atoms with E-state index in [2.05, 4.69) is 31.1 Å². The van der Waals surface area contributed by atoms with E-state index in [1.807, 2.05) is 18.2 Å². The average Bonchev–Trinajstić information content (AvgIpc) is 2.87. The first-order valence-electron chi connectivity index (χ1n) is 6.49. The van der Waals surface area contributed by atoms with E-state index in [0.29, 0.717) is 24.1 Å². The van der Waals surface area contributed by atoms with Crippen LogP contribution in [0.15, 0.2) is 35.1 Å². The van der Waals surface area contributed by atoms with Crippen molar-refractivity contribution >= 4 is 11.6 Å². The summed E-state index contributed by atoms with van der Waals surface area (Å²) < 4.78 is 10.7. The van der Waals surface area contributed by atoms with Crippen LogP contribution in [0.1, 0.15) is 32.1 Å². The fraction of sp³-hybridized carbons (Fsp3) is 0.400. The Bertz CT molecular complexity index is 547. The second-order valence-electron chi connectivity index (χ2n) is 5.60. The number of ether oxygens (including phenoxy) is 1. The Kier molecular flexibility index (Phi) is 4.68. The van der Waals surface area contributed by atoms with Crippen molar-refractivity contribution in [2.75, 3.05) is 0 Å². The van der Waals surface area contributed by atoms with Gasteiger partial charge in [-0.2, -0.15) is 0 Å². The lowest BCUT2D eigenvalue weighted by Gasteiger charge is -2.20. The molecule has 2 rings (SSSR count). The maximum atomic E-state index is 6.17. The number of hydrogen-bond donors (Lipinski definition) is 1. The zero-order valence-electron chi connectivity index (χ0n) is 11.9. The largest absolute Gasteiger partial charge is 0.468 e. The summed E-state index contributed by atoms with van der Waals surface area (Å²) in [5.41, 5.74) is 1.08. The molecule has 0 aliphatic heterocycles. The molecular weight excluding hydrogens is 276 g/mol. The molecule has 2 heterocycles. The summed E-state index contributed by atoms with van der Waals surface area (Å²) in [4.78, 5) is 4.24. The van der Waals surface area contributed by atoms with Gasteiger partial charge < -0.3 is 14.5 Å². The molecule has 0 aromatic carbocycles. The van der Waals surface area contributed by atoms with Crippen molar-refractivity contribution < 1.29 is 9.15 Å². The van der Waals surface area contributed by atoms with Gasteiger partial charge in [0.15, 0.2) is 0 Å². The zero-order chi connectivity index (χ0) is 14.6. The quantitative estimate of drug-likeness (QED) is 0.911. The standard InChI is InChI=1S/C15H19ClN2O2/c1-15(2,3)18-9-11-7-13(16)14(17-8-11)20-10-12-5-4-6-19-12/h4-8,18H,9-10H2,1-3H3. The first kappa shape index (κ1) is 14.9. The van der Waals surface area contributed by atoms with Crippen LogP contribution in [0.4, 0.5) is 0 Å². The van der Waals surface area contributed by atoms with E-state index in [4.69, 9.17) is 20.8 Å². The molecule has 1 N–H and O–H groups in total. The van der Waals surface area contributed by atoms with Crippen LogP contribution in [-0.4, -0.2) is 10.5 Å². The number of halogens is 1. The van der Waals surface area contributed by atoms with Crippen LogP contribution in [0, 0.1) is 0 Å². The molecule has 0 radical (unpaired) electrons. The molecule has 0 unspecified atom stereocenters. The number of hydrogen-bond acceptors (Lipinski definition) is 4. The molecule has 0 fully saturated rings. The van der Waals surface area contributed by atoms with Gasteiger partial charge in [-0.05, 0) is 44.5 Å². The normalized spacial score (nSPS) is 11.6. The van der Waals surface area contributed by atoms with Gasteiger partial charge in [0, 0.05) is 18.3 Å². The van der Waals surface area contributed by atoms with Gasteiger partial charge in [-0.1, -0.05) is 11.6 Å². The molecule has 0 aliphatic rings. The van der Waals surface area contributed by atoms with Gasteiger partial charge in [-0.25, -0.2) is 4.98 Å². The van der Waals surface area contributed by atoms with Gasteiger partial charge in [-0.3, -0.25) is 0 Å². The molecule has 5 heteroatoms. The van der Waals surface area contributed by atoms with E-state index < -0.39 is 0 Å². The van der Waals surface area contributed by atoms with Crippen LogP contribution in [0.25, 0.3) is 0 Å². The summed E-state index contributed by atoms with van der Waals surface area (Å²) >= 11 is 6.17. The van der Waals surface area contributed by atoms with Gasteiger partial charge >= 0.3 is 0 Å². The van der Waals surface area contributed by atoms with Crippen LogP contribution in [0.2, 0.25) is 5.02 Å². The van der Waals surface area contributed by atoms with E-state index in [-0.39, 0.29) is 5.54 Å². The number of pyridine rings is 1. The summed E-state index contributed by atoms with van der Waals surface area (Å²) in [5, 5.41) is 3.89. The molecule has 0 spiro atoms. The fourth-order valence-corrected chi connectivity index (χ4v) is 1.81. The van der Waals surface area contributed by atoms with Crippen LogP contribution >= 0.6 is 11.6 Å². The van der Waals surface area contributed by atoms with E-state index in [1.54, 1.807) is 12.5 Å². The molecule has 2 aromatic heterocycles. The summed E-state index contributed by atoms with van der Waals surface area (Å²) in [6.07, 6.45) is 3.37. The second-order valence-corrected chi connectivity index (χ2v) is 6.01. The second kappa shape index (κ2) is 6.29. The maximum Gasteiger partial charge on any atom is 0.233 e. The van der Waals surface area contributed by atoms with Gasteiger partial charge in [0.05, 0.1) is 6.26 Å². The SMILES string of the molecule is CC(C)(C)NCc1cnc(OCc2ccco2)c(Cl)c1. The molecule has 0 atom stereocenters. The number of furan rings is 1. The lowest BCUT2D eigenvalue weighted by molar-refractivity contribution is 0.260. The van der Waals surface area contributed by atoms with Crippen LogP contribution in [-0.2, 0) is 13.2 Å². The Morgan fingerprint density at radius 1 is 1.40 bits per heavy atom. The fourth-order valence-electron chi connectivity index (χ4n) is 1.57. The third-order valence-corrected chi connectivity index (χ3v) is 2.89. The summed E-state index contributed by atoms with van der Waals surface area (Å²) in [5.74, 6) is 1.16. The predicted octanol–water partition coefficient (Wildman–Crippen LogP) is 3.80. The molecule has 0 saturated carbocycles. The van der Waals surface area contributed by atoms with Crippen molar-refractivity contribution in [1.29, 1.82) is 0 Å². The highest BCUT2D eigenvalue weighted by Crippen LogP contribution is 2.23. The molecular formula is C15H19ClN2O2. The number of nitrogens with one attached hydrogen (secondary N) is 1. The molecule has 4 nitrogen and oxygen atoms in total. The molecule has 20 heavy (non-hydrogen) atoms. The molecule has 0 saturated heterocycles. The van der Waals surface area contributed by atoms with Crippen molar-refractivity contribution in [2.45, 2.75) is 39.5 Å². The Labute approximate surface area is 124 Å². The van der Waals surface area contributed by atoms with Crippen molar-refractivity contribution in [2.24, 2.45) is 0 Å². The van der Waals surface area contributed by atoms with Crippen molar-refractivity contribution in [3.05, 3.63) is 47.0 Å². The van der Waals surface area contributed by atoms with Crippen LogP contribution in [0.5, 0.6) is 5.88 Å². The van der Waals surface area contributed by atoms with E-state index in [9.17, 15) is 0 Å². The number of nitrogens with zero attached hydrogens (tertiary/aromatic N) is 1. The Morgan fingerprint density at radius 3 is 2.80 bits per heavy atom. The minimum absolute atomic E-state index is 0.0565. The first-order chi connectivity index (χ1) is 9.44. The van der Waals surface area contributed by atoms with Crippen LogP contribution < -0.4 is 10.1 Å². The molecule has 0 aliphatic carbocycles. The Morgan fingerprint density at radius 2 is 2.20 bits per heavy atom. The smallest absolute Gasteiger partial charge is 0.233 e. The zero-order valence-corrected chi connectivity index (χ0v) is 12.7. The highest BCUT2D eigenvalue weighted by Gasteiger charge is 2.10. The number of aromatic nitrogens is 1. The highest BCUT2D eigenvalue weighted by atomic mass is 35.5. The van der Waals surface area contributed by atoms with Crippen molar-refractivity contribution in [3.63, 3.8) is 0 Å². The van der Waals surface area contributed by atoms with Crippen molar-refractivity contribution in [3.8, 4) is 5.88 Å². The minimum atomic E-state index is 0.0565. The molecule has 2 aromatic rings. The minimum Gasteiger partial charge on any atom is -0.468 e. The van der Waals surface area contributed by atoms with Gasteiger partial charge in [-0.15, -0.1) is 0 Å². The molecule has 108 valence electrons. The van der Waals surface area contributed by atoms with Gasteiger partial charge in [0.2, 0.25) is 5.88 Å². The highest BCUT2D eigenvalue weighted by molar-refractivity contribution is 6.31. The molecule has 0 bridgehead atoms. The molecule has 0 amide bonds. The summed E-state index contributed by atoms with van der Waals surface area (Å²) in [6, 6.07) is 5.52. The lowest BCUT2D eigenvalue weighted by atomic mass is 10.1. The number of rotatable bonds is 5. The summed E-state index contributed by atoms with van der Waals surface area (Å²) in [7, 11) is 0. The topological polar surface area (TPSA) is 47.3 Å². The van der Waals surface area contributed by atoms with Crippen molar-refractivity contribution in [1.82, 2.24) is 10.3 Å². The van der Waals surface area contributed by atoms with E-state index in [1.165, 1.54) is 0 Å². The van der Waals surface area contributed by atoms with E-state index in [0.717, 1.165) is 11.3 Å². The monoisotopic (exact) mass is 294 g/mol. The van der Waals surface area contributed by atoms with Crippen LogP contribution in [0.3, 0.4) is 0 Å². The lowest BCUT2D eigenvalue weighted by Crippen LogP contribution is -2.35. The van der Waals surface area contributed by atoms with Gasteiger partial charge in [0.25, 0.3) is 0 Å². The Balaban J connectivity index is 1.95. The third kappa shape index (κ3) is 4.54. The first-order valence-corrected chi connectivity index (χ1v) is 6.86. The average molecular weight is 295 g/mol. The maximum absolute atomic E-state index is 6.17.